The monoisotopic (exact) mass is 366 g/mol. The van der Waals surface area contributed by atoms with Gasteiger partial charge in [0.05, 0.1) is 11.7 Å². The van der Waals surface area contributed by atoms with Gasteiger partial charge >= 0.3 is 5.97 Å². The first-order valence-electron chi connectivity index (χ1n) is 8.90. The molecule has 6 heteroatoms. The zero-order chi connectivity index (χ0) is 19.8. The smallest absolute Gasteiger partial charge is 0.338 e. The van der Waals surface area contributed by atoms with Crippen LogP contribution in [0.15, 0.2) is 0 Å². The van der Waals surface area contributed by atoms with E-state index in [-0.39, 0.29) is 6.61 Å². The van der Waals surface area contributed by atoms with Gasteiger partial charge in [0.2, 0.25) is 0 Å². The summed E-state index contributed by atoms with van der Waals surface area (Å²) in [5, 5.41) is 20.1. The number of esters is 1. The van der Waals surface area contributed by atoms with Crippen LogP contribution in [0.5, 0.6) is 0 Å². The molecule has 0 radical (unpaired) electrons. The Morgan fingerprint density at radius 3 is 1.96 bits per heavy atom. The van der Waals surface area contributed by atoms with Crippen molar-refractivity contribution in [3.8, 4) is 0 Å². The van der Waals surface area contributed by atoms with Crippen LogP contribution in [0.25, 0.3) is 0 Å². The van der Waals surface area contributed by atoms with Gasteiger partial charge in [-0.25, -0.2) is 4.79 Å². The molecule has 2 N–H and O–H groups in total. The molecule has 146 valence electrons. The quantitative estimate of drug-likeness (QED) is 0.794. The van der Waals surface area contributed by atoms with Gasteiger partial charge in [0.25, 0.3) is 0 Å². The van der Waals surface area contributed by atoms with E-state index in [0.717, 1.165) is 22.3 Å². The minimum Gasteiger partial charge on any atom is -0.459 e. The lowest BCUT2D eigenvalue weighted by molar-refractivity contribution is -0.280. The standard InChI is InChI=1S/C20H30O6/c1-9-10(2)12(4)16(13(5)11(9)3)19(23)25-8-15-14(6)17(21)18(22)20(24-7)26-15/h14-15,17-18,20-22H,8H2,1-7H3. The van der Waals surface area contributed by atoms with Crippen molar-refractivity contribution in [3.63, 3.8) is 0 Å². The Balaban J connectivity index is 2.17. The Hall–Kier alpha value is -1.47. The highest BCUT2D eigenvalue weighted by molar-refractivity contribution is 5.93. The maximum atomic E-state index is 12.7. The second-order valence-electron chi connectivity index (χ2n) is 7.22. The number of carbonyl (C=O) groups excluding carboxylic acids is 1. The third kappa shape index (κ3) is 3.64. The average Bonchev–Trinajstić information content (AvgIpc) is 2.62. The molecular formula is C20H30O6. The minimum atomic E-state index is -1.13. The number of rotatable bonds is 4. The van der Waals surface area contributed by atoms with E-state index in [1.807, 2.05) is 27.7 Å². The molecule has 0 spiro atoms. The molecule has 1 aliphatic heterocycles. The van der Waals surface area contributed by atoms with Crippen molar-refractivity contribution in [1.29, 1.82) is 0 Å². The first-order chi connectivity index (χ1) is 12.1. The number of benzene rings is 1. The van der Waals surface area contributed by atoms with Crippen LogP contribution < -0.4 is 0 Å². The summed E-state index contributed by atoms with van der Waals surface area (Å²) >= 11 is 0. The van der Waals surface area contributed by atoms with E-state index < -0.39 is 36.5 Å². The van der Waals surface area contributed by atoms with E-state index in [9.17, 15) is 15.0 Å². The van der Waals surface area contributed by atoms with Crippen LogP contribution in [0.1, 0.15) is 45.1 Å². The Kier molecular flexibility index (Phi) is 6.45. The number of hydrogen-bond acceptors (Lipinski definition) is 6. The lowest BCUT2D eigenvalue weighted by atomic mass is 9.89. The summed E-state index contributed by atoms with van der Waals surface area (Å²) in [4.78, 5) is 12.7. The molecule has 1 aliphatic rings. The van der Waals surface area contributed by atoms with Gasteiger partial charge in [-0.3, -0.25) is 0 Å². The fourth-order valence-corrected chi connectivity index (χ4v) is 3.49. The Morgan fingerprint density at radius 1 is 0.962 bits per heavy atom. The van der Waals surface area contributed by atoms with Gasteiger partial charge in [-0.1, -0.05) is 6.92 Å². The molecule has 1 aromatic rings. The summed E-state index contributed by atoms with van der Waals surface area (Å²) in [6.07, 6.45) is -3.65. The summed E-state index contributed by atoms with van der Waals surface area (Å²) in [5.74, 6) is -0.801. The zero-order valence-corrected chi connectivity index (χ0v) is 16.6. The molecule has 6 nitrogen and oxygen atoms in total. The number of hydrogen-bond donors (Lipinski definition) is 2. The Morgan fingerprint density at radius 2 is 1.46 bits per heavy atom. The van der Waals surface area contributed by atoms with Crippen LogP contribution in [0.2, 0.25) is 0 Å². The lowest BCUT2D eigenvalue weighted by Crippen LogP contribution is -2.55. The minimum absolute atomic E-state index is 0.0194. The van der Waals surface area contributed by atoms with Crippen LogP contribution in [0, 0.1) is 40.5 Å². The molecule has 1 heterocycles. The van der Waals surface area contributed by atoms with Gasteiger partial charge in [-0.15, -0.1) is 0 Å². The van der Waals surface area contributed by atoms with E-state index in [2.05, 4.69) is 6.92 Å². The van der Waals surface area contributed by atoms with E-state index in [1.165, 1.54) is 12.7 Å². The van der Waals surface area contributed by atoms with Crippen LogP contribution in [0.4, 0.5) is 0 Å². The maximum Gasteiger partial charge on any atom is 0.338 e. The average molecular weight is 366 g/mol. The molecule has 1 saturated heterocycles. The maximum absolute atomic E-state index is 12.7. The fourth-order valence-electron chi connectivity index (χ4n) is 3.49. The highest BCUT2D eigenvalue weighted by Gasteiger charge is 2.42. The highest BCUT2D eigenvalue weighted by Crippen LogP contribution is 2.29. The third-order valence-electron chi connectivity index (χ3n) is 5.88. The number of methoxy groups -OCH3 is 1. The largest absolute Gasteiger partial charge is 0.459 e. The molecule has 1 fully saturated rings. The van der Waals surface area contributed by atoms with Gasteiger partial charge in [0, 0.05) is 13.0 Å². The normalized spacial score (nSPS) is 28.9. The summed E-state index contributed by atoms with van der Waals surface area (Å²) < 4.78 is 16.2. The van der Waals surface area contributed by atoms with Gasteiger partial charge < -0.3 is 24.4 Å². The van der Waals surface area contributed by atoms with Crippen LogP contribution in [0.3, 0.4) is 0 Å². The second kappa shape index (κ2) is 8.05. The van der Waals surface area contributed by atoms with Gasteiger partial charge in [0.15, 0.2) is 6.29 Å². The van der Waals surface area contributed by atoms with Crippen molar-refractivity contribution in [1.82, 2.24) is 0 Å². The van der Waals surface area contributed by atoms with Crippen LogP contribution >= 0.6 is 0 Å². The Bertz CT molecular complexity index is 652. The highest BCUT2D eigenvalue weighted by atomic mass is 16.7. The summed E-state index contributed by atoms with van der Waals surface area (Å²) in [6, 6.07) is 0. The molecule has 0 bridgehead atoms. The zero-order valence-electron chi connectivity index (χ0n) is 16.6. The molecule has 1 aromatic carbocycles. The number of aliphatic hydroxyl groups is 2. The molecule has 5 unspecified atom stereocenters. The number of ether oxygens (including phenoxy) is 3. The molecule has 26 heavy (non-hydrogen) atoms. The predicted octanol–water partition coefficient (Wildman–Crippen LogP) is 2.11. The summed E-state index contributed by atoms with van der Waals surface area (Å²) in [7, 11) is 1.39. The Labute approximate surface area is 155 Å². The van der Waals surface area contributed by atoms with Crippen LogP contribution in [-0.4, -0.2) is 54.5 Å². The van der Waals surface area contributed by atoms with Crippen LogP contribution in [-0.2, 0) is 14.2 Å². The van der Waals surface area contributed by atoms with Crippen molar-refractivity contribution in [3.05, 3.63) is 33.4 Å². The fraction of sp³-hybridized carbons (Fsp3) is 0.650. The molecule has 0 amide bonds. The topological polar surface area (TPSA) is 85.2 Å². The summed E-state index contributed by atoms with van der Waals surface area (Å²) in [5.41, 5.74) is 5.76. The van der Waals surface area contributed by atoms with E-state index in [0.29, 0.717) is 5.56 Å². The van der Waals surface area contributed by atoms with E-state index in [4.69, 9.17) is 14.2 Å². The van der Waals surface area contributed by atoms with Crippen molar-refractivity contribution in [2.24, 2.45) is 5.92 Å². The molecule has 0 saturated carbocycles. The molecule has 2 rings (SSSR count). The molecular weight excluding hydrogens is 336 g/mol. The second-order valence-corrected chi connectivity index (χ2v) is 7.22. The summed E-state index contributed by atoms with van der Waals surface area (Å²) in [6.45, 7) is 11.6. The van der Waals surface area contributed by atoms with Gasteiger partial charge in [0.1, 0.15) is 18.8 Å². The first kappa shape index (κ1) is 20.8. The third-order valence-corrected chi connectivity index (χ3v) is 5.88. The lowest BCUT2D eigenvalue weighted by Gasteiger charge is -2.40. The van der Waals surface area contributed by atoms with Gasteiger partial charge in [-0.2, -0.15) is 0 Å². The van der Waals surface area contributed by atoms with Crippen molar-refractivity contribution in [2.75, 3.05) is 13.7 Å². The predicted molar refractivity (Wildman–Crippen MR) is 97.3 cm³/mol. The first-order valence-corrected chi connectivity index (χ1v) is 8.90. The number of aliphatic hydroxyl groups excluding tert-OH is 2. The van der Waals surface area contributed by atoms with E-state index in [1.54, 1.807) is 6.92 Å². The molecule has 0 aliphatic carbocycles. The van der Waals surface area contributed by atoms with Crippen molar-refractivity contribution in [2.45, 2.75) is 66.1 Å². The molecule has 0 aromatic heterocycles. The van der Waals surface area contributed by atoms with E-state index >= 15 is 0 Å². The van der Waals surface area contributed by atoms with Gasteiger partial charge in [-0.05, 0) is 62.4 Å². The van der Waals surface area contributed by atoms with Crippen molar-refractivity contribution < 1.29 is 29.2 Å². The van der Waals surface area contributed by atoms with Crippen molar-refractivity contribution >= 4 is 5.97 Å². The SMILES string of the molecule is COC1OC(COC(=O)c2c(C)c(C)c(C)c(C)c2C)C(C)C(O)C1O. The molecule has 5 atom stereocenters. The number of carbonyl (C=O) groups is 1.